The number of hydrogen-bond acceptors (Lipinski definition) is 4. The van der Waals surface area contributed by atoms with Gasteiger partial charge in [0.15, 0.2) is 0 Å². The number of piperazine rings is 1. The predicted octanol–water partition coefficient (Wildman–Crippen LogP) is 3.00. The van der Waals surface area contributed by atoms with Gasteiger partial charge >= 0.3 is 0 Å². The first-order chi connectivity index (χ1) is 12.5. The van der Waals surface area contributed by atoms with Crippen LogP contribution in [-0.4, -0.2) is 55.4 Å². The number of aryl methyl sites for hydroxylation is 2. The minimum absolute atomic E-state index is 0.209. The van der Waals surface area contributed by atoms with Crippen molar-refractivity contribution in [3.05, 3.63) is 59.4 Å². The van der Waals surface area contributed by atoms with E-state index in [1.807, 2.05) is 31.2 Å². The van der Waals surface area contributed by atoms with Crippen molar-refractivity contribution in [3.63, 3.8) is 0 Å². The molecule has 1 unspecified atom stereocenters. The maximum Gasteiger partial charge on any atom is 0.123 e. The normalized spacial score (nSPS) is 16.5. The van der Waals surface area contributed by atoms with Crippen molar-refractivity contribution in [1.82, 2.24) is 4.90 Å². The smallest absolute Gasteiger partial charge is 0.123 e. The molecule has 1 heterocycles. The van der Waals surface area contributed by atoms with Gasteiger partial charge in [0, 0.05) is 38.4 Å². The summed E-state index contributed by atoms with van der Waals surface area (Å²) in [6, 6.07) is 12.7. The molecule has 1 aliphatic heterocycles. The quantitative estimate of drug-likeness (QED) is 0.861. The number of anilines is 1. The Bertz CT molecular complexity index is 712. The highest BCUT2D eigenvalue weighted by molar-refractivity contribution is 5.46. The molecule has 0 amide bonds. The molecule has 5 heteroatoms. The van der Waals surface area contributed by atoms with E-state index >= 15 is 0 Å². The Kier molecular flexibility index (Phi) is 6.12. The average Bonchev–Trinajstić information content (AvgIpc) is 2.62. The van der Waals surface area contributed by atoms with Crippen molar-refractivity contribution in [3.8, 4) is 5.75 Å². The lowest BCUT2D eigenvalue weighted by atomic mass is 10.1. The van der Waals surface area contributed by atoms with Crippen molar-refractivity contribution in [2.45, 2.75) is 20.0 Å². The molecule has 140 valence electrons. The number of β-amino-alcohol motifs (C(OH)–C–C–N with tert-alkyl or cyclic N) is 1. The highest BCUT2D eigenvalue weighted by Gasteiger charge is 2.20. The number of aliphatic hydroxyl groups excluding tert-OH is 1. The van der Waals surface area contributed by atoms with Crippen LogP contribution in [0.3, 0.4) is 0 Å². The third-order valence-electron chi connectivity index (χ3n) is 4.79. The van der Waals surface area contributed by atoms with Crippen LogP contribution in [-0.2, 0) is 0 Å². The van der Waals surface area contributed by atoms with Gasteiger partial charge in [0.05, 0.1) is 0 Å². The van der Waals surface area contributed by atoms with Crippen molar-refractivity contribution in [1.29, 1.82) is 0 Å². The first-order valence-electron chi connectivity index (χ1n) is 9.12. The van der Waals surface area contributed by atoms with Gasteiger partial charge in [-0.15, -0.1) is 0 Å². The van der Waals surface area contributed by atoms with Gasteiger partial charge in [-0.2, -0.15) is 0 Å². The Hall–Kier alpha value is -2.11. The summed E-state index contributed by atoms with van der Waals surface area (Å²) in [6.45, 7) is 8.45. The molecule has 1 N–H and O–H groups in total. The van der Waals surface area contributed by atoms with Gasteiger partial charge in [0.2, 0.25) is 0 Å². The molecule has 1 fully saturated rings. The Morgan fingerprint density at radius 3 is 2.38 bits per heavy atom. The van der Waals surface area contributed by atoms with Crippen molar-refractivity contribution in [2.75, 3.05) is 44.2 Å². The van der Waals surface area contributed by atoms with E-state index in [-0.39, 0.29) is 5.82 Å². The molecule has 0 saturated carbocycles. The molecular formula is C21H27FN2O2. The number of hydrogen-bond donors (Lipinski definition) is 1. The van der Waals surface area contributed by atoms with Crippen LogP contribution in [0.2, 0.25) is 0 Å². The van der Waals surface area contributed by atoms with E-state index in [4.69, 9.17) is 4.74 Å². The monoisotopic (exact) mass is 358 g/mol. The number of nitrogens with zero attached hydrogens (tertiary/aromatic N) is 2. The van der Waals surface area contributed by atoms with Gasteiger partial charge < -0.3 is 14.7 Å². The molecule has 0 radical (unpaired) electrons. The molecular weight excluding hydrogens is 331 g/mol. The van der Waals surface area contributed by atoms with Crippen LogP contribution >= 0.6 is 0 Å². The molecule has 0 spiro atoms. The largest absolute Gasteiger partial charge is 0.491 e. The maximum absolute atomic E-state index is 13.0. The SMILES string of the molecule is Cc1ccc(OCC(O)CN2CCN(c3ccc(F)cc3)CC2)c(C)c1. The van der Waals surface area contributed by atoms with E-state index in [1.165, 1.54) is 17.7 Å². The minimum Gasteiger partial charge on any atom is -0.491 e. The number of ether oxygens (including phenoxy) is 1. The fourth-order valence-corrected chi connectivity index (χ4v) is 3.34. The maximum atomic E-state index is 13.0. The average molecular weight is 358 g/mol. The lowest BCUT2D eigenvalue weighted by Crippen LogP contribution is -2.49. The molecule has 3 rings (SSSR count). The third-order valence-corrected chi connectivity index (χ3v) is 4.79. The van der Waals surface area contributed by atoms with E-state index in [0.29, 0.717) is 13.2 Å². The zero-order valence-electron chi connectivity index (χ0n) is 15.5. The summed E-state index contributed by atoms with van der Waals surface area (Å²) in [4.78, 5) is 4.49. The summed E-state index contributed by atoms with van der Waals surface area (Å²) >= 11 is 0. The number of halogens is 1. The summed E-state index contributed by atoms with van der Waals surface area (Å²) in [6.07, 6.45) is -0.520. The van der Waals surface area contributed by atoms with Crippen LogP contribution in [0.25, 0.3) is 0 Å². The Balaban J connectivity index is 1.43. The summed E-state index contributed by atoms with van der Waals surface area (Å²) < 4.78 is 18.8. The van der Waals surface area contributed by atoms with E-state index < -0.39 is 6.10 Å². The minimum atomic E-state index is -0.520. The highest BCUT2D eigenvalue weighted by atomic mass is 19.1. The van der Waals surface area contributed by atoms with Gasteiger partial charge in [-0.25, -0.2) is 4.39 Å². The number of benzene rings is 2. The Morgan fingerprint density at radius 2 is 1.73 bits per heavy atom. The number of rotatable bonds is 6. The Labute approximate surface area is 154 Å². The van der Waals surface area contributed by atoms with Crippen LogP contribution in [0.4, 0.5) is 10.1 Å². The van der Waals surface area contributed by atoms with Crippen molar-refractivity contribution < 1.29 is 14.2 Å². The summed E-state index contributed by atoms with van der Waals surface area (Å²) in [5.74, 6) is 0.620. The van der Waals surface area contributed by atoms with Crippen LogP contribution in [0, 0.1) is 19.7 Å². The molecule has 4 nitrogen and oxygen atoms in total. The molecule has 0 aromatic heterocycles. The molecule has 1 atom stereocenters. The second-order valence-electron chi connectivity index (χ2n) is 7.00. The summed E-state index contributed by atoms with van der Waals surface area (Å²) in [5, 5.41) is 10.3. The summed E-state index contributed by atoms with van der Waals surface area (Å²) in [7, 11) is 0. The van der Waals surface area contributed by atoms with Crippen LogP contribution < -0.4 is 9.64 Å². The first-order valence-corrected chi connectivity index (χ1v) is 9.12. The molecule has 2 aromatic carbocycles. The number of aliphatic hydroxyl groups is 1. The van der Waals surface area contributed by atoms with Crippen LogP contribution in [0.15, 0.2) is 42.5 Å². The lowest BCUT2D eigenvalue weighted by Gasteiger charge is -2.36. The molecule has 0 aliphatic carbocycles. The first kappa shape index (κ1) is 18.7. The van der Waals surface area contributed by atoms with Gasteiger partial charge in [0.25, 0.3) is 0 Å². The van der Waals surface area contributed by atoms with E-state index in [9.17, 15) is 9.50 Å². The van der Waals surface area contributed by atoms with E-state index in [1.54, 1.807) is 0 Å². The zero-order valence-corrected chi connectivity index (χ0v) is 15.5. The second kappa shape index (κ2) is 8.52. The third kappa shape index (κ3) is 4.96. The molecule has 1 saturated heterocycles. The molecule has 0 bridgehead atoms. The van der Waals surface area contributed by atoms with Gasteiger partial charge in [0.1, 0.15) is 24.3 Å². The van der Waals surface area contributed by atoms with E-state index in [2.05, 4.69) is 22.8 Å². The predicted molar refractivity (Wildman–Crippen MR) is 102 cm³/mol. The standard InChI is InChI=1S/C21H27FN2O2/c1-16-3-8-21(17(2)13-16)26-15-20(25)14-23-9-11-24(12-10-23)19-6-4-18(22)5-7-19/h3-8,13,20,25H,9-12,14-15H2,1-2H3. The zero-order chi connectivity index (χ0) is 18.5. The van der Waals surface area contributed by atoms with Crippen molar-refractivity contribution in [2.24, 2.45) is 0 Å². The highest BCUT2D eigenvalue weighted by Crippen LogP contribution is 2.19. The summed E-state index contributed by atoms with van der Waals surface area (Å²) in [5.41, 5.74) is 3.34. The fourth-order valence-electron chi connectivity index (χ4n) is 3.34. The lowest BCUT2D eigenvalue weighted by molar-refractivity contribution is 0.0661. The van der Waals surface area contributed by atoms with Crippen molar-refractivity contribution >= 4 is 5.69 Å². The molecule has 26 heavy (non-hydrogen) atoms. The Morgan fingerprint density at radius 1 is 1.04 bits per heavy atom. The molecule has 2 aromatic rings. The van der Waals surface area contributed by atoms with Gasteiger partial charge in [-0.1, -0.05) is 17.7 Å². The van der Waals surface area contributed by atoms with Crippen LogP contribution in [0.5, 0.6) is 5.75 Å². The van der Waals surface area contributed by atoms with Gasteiger partial charge in [-0.05, 0) is 49.7 Å². The fraction of sp³-hybridized carbons (Fsp3) is 0.429. The van der Waals surface area contributed by atoms with Crippen LogP contribution in [0.1, 0.15) is 11.1 Å². The second-order valence-corrected chi connectivity index (χ2v) is 7.00. The van der Waals surface area contributed by atoms with E-state index in [0.717, 1.165) is 43.2 Å². The molecule has 1 aliphatic rings. The van der Waals surface area contributed by atoms with Gasteiger partial charge in [-0.3, -0.25) is 4.90 Å². The topological polar surface area (TPSA) is 35.9 Å².